The molecule has 0 aliphatic heterocycles. The van der Waals surface area contributed by atoms with Gasteiger partial charge in [0.25, 0.3) is 0 Å². The van der Waals surface area contributed by atoms with Gasteiger partial charge in [0.2, 0.25) is 0 Å². The molecule has 0 saturated heterocycles. The summed E-state index contributed by atoms with van der Waals surface area (Å²) in [7, 11) is 0. The number of rotatable bonds is 2. The summed E-state index contributed by atoms with van der Waals surface area (Å²) in [6.07, 6.45) is 4.33. The van der Waals surface area contributed by atoms with Crippen molar-refractivity contribution in [3.63, 3.8) is 0 Å². The standard InChI is InChI=1S/C12H13/c1-2-4-9(5-3-1)11-8-12(11)10-6-7-10/h1-5,10-11H,6-8H2. The Hall–Kier alpha value is -0.780. The molecule has 0 heteroatoms. The van der Waals surface area contributed by atoms with Gasteiger partial charge >= 0.3 is 0 Å². The monoisotopic (exact) mass is 157 g/mol. The van der Waals surface area contributed by atoms with Crippen LogP contribution in [0.3, 0.4) is 0 Å². The molecule has 1 aromatic carbocycles. The Morgan fingerprint density at radius 2 is 1.75 bits per heavy atom. The second-order valence-corrected chi connectivity index (χ2v) is 4.02. The highest BCUT2D eigenvalue weighted by atomic mass is 14.5. The third kappa shape index (κ3) is 1.06. The van der Waals surface area contributed by atoms with E-state index in [1.54, 1.807) is 5.56 Å². The Balaban J connectivity index is 1.76. The molecule has 2 fully saturated rings. The van der Waals surface area contributed by atoms with Crippen LogP contribution in [-0.2, 0) is 0 Å². The van der Waals surface area contributed by atoms with Crippen LogP contribution >= 0.6 is 0 Å². The Kier molecular flexibility index (Phi) is 1.31. The van der Waals surface area contributed by atoms with Crippen molar-refractivity contribution in [3.05, 3.63) is 41.8 Å². The molecule has 0 N–H and O–H groups in total. The van der Waals surface area contributed by atoms with E-state index in [4.69, 9.17) is 0 Å². The van der Waals surface area contributed by atoms with Crippen LogP contribution in [0.4, 0.5) is 0 Å². The van der Waals surface area contributed by atoms with Crippen LogP contribution in [0, 0.1) is 11.8 Å². The Labute approximate surface area is 73.6 Å². The molecule has 1 aromatic rings. The van der Waals surface area contributed by atoms with Crippen LogP contribution in [0.2, 0.25) is 0 Å². The maximum atomic E-state index is 2.26. The Morgan fingerprint density at radius 1 is 1.00 bits per heavy atom. The van der Waals surface area contributed by atoms with Gasteiger partial charge in [-0.3, -0.25) is 0 Å². The smallest absolute Gasteiger partial charge is 0.00910 e. The molecule has 1 unspecified atom stereocenters. The minimum Gasteiger partial charge on any atom is -0.0622 e. The summed E-state index contributed by atoms with van der Waals surface area (Å²) in [5, 5.41) is 0. The zero-order valence-electron chi connectivity index (χ0n) is 7.16. The van der Waals surface area contributed by atoms with Crippen molar-refractivity contribution < 1.29 is 0 Å². The number of hydrogen-bond donors (Lipinski definition) is 0. The van der Waals surface area contributed by atoms with E-state index in [1.807, 2.05) is 5.92 Å². The zero-order valence-corrected chi connectivity index (χ0v) is 7.16. The quantitative estimate of drug-likeness (QED) is 0.618. The molecule has 61 valence electrons. The van der Waals surface area contributed by atoms with E-state index >= 15 is 0 Å². The predicted octanol–water partition coefficient (Wildman–Crippen LogP) is 3.16. The van der Waals surface area contributed by atoms with Gasteiger partial charge in [0.1, 0.15) is 0 Å². The van der Waals surface area contributed by atoms with Crippen molar-refractivity contribution >= 4 is 0 Å². The third-order valence-electron chi connectivity index (χ3n) is 3.03. The maximum Gasteiger partial charge on any atom is -0.00910 e. The summed E-state index contributed by atoms with van der Waals surface area (Å²) in [5.74, 6) is 3.70. The average molecular weight is 157 g/mol. The fourth-order valence-electron chi connectivity index (χ4n) is 2.10. The van der Waals surface area contributed by atoms with Gasteiger partial charge in [-0.1, -0.05) is 30.3 Å². The molecule has 12 heavy (non-hydrogen) atoms. The molecule has 0 spiro atoms. The normalized spacial score (nSPS) is 28.8. The van der Waals surface area contributed by atoms with E-state index in [2.05, 4.69) is 30.3 Å². The van der Waals surface area contributed by atoms with Gasteiger partial charge < -0.3 is 0 Å². The third-order valence-corrected chi connectivity index (χ3v) is 3.03. The molecule has 0 bridgehead atoms. The van der Waals surface area contributed by atoms with E-state index in [9.17, 15) is 0 Å². The van der Waals surface area contributed by atoms with Gasteiger partial charge in [-0.05, 0) is 42.6 Å². The zero-order chi connectivity index (χ0) is 7.97. The van der Waals surface area contributed by atoms with Crippen LogP contribution in [0.1, 0.15) is 30.7 Å². The first-order valence-corrected chi connectivity index (χ1v) is 4.86. The van der Waals surface area contributed by atoms with Gasteiger partial charge in [0.05, 0.1) is 0 Å². The predicted molar refractivity (Wildman–Crippen MR) is 49.8 cm³/mol. The lowest BCUT2D eigenvalue weighted by atomic mass is 10.1. The lowest BCUT2D eigenvalue weighted by molar-refractivity contribution is 0.939. The van der Waals surface area contributed by atoms with E-state index in [1.165, 1.54) is 19.3 Å². The van der Waals surface area contributed by atoms with Crippen molar-refractivity contribution in [3.8, 4) is 0 Å². The lowest BCUT2D eigenvalue weighted by Gasteiger charge is -1.96. The molecular weight excluding hydrogens is 144 g/mol. The Morgan fingerprint density at radius 3 is 2.42 bits per heavy atom. The molecule has 2 aliphatic carbocycles. The number of benzene rings is 1. The summed E-state index contributed by atoms with van der Waals surface area (Å²) >= 11 is 0. The highest BCUT2D eigenvalue weighted by Crippen LogP contribution is 2.61. The van der Waals surface area contributed by atoms with Crippen LogP contribution in [0.15, 0.2) is 30.3 Å². The largest absolute Gasteiger partial charge is 0.0622 e. The molecule has 2 saturated carbocycles. The minimum absolute atomic E-state index is 0.846. The first-order valence-electron chi connectivity index (χ1n) is 4.86. The highest BCUT2D eigenvalue weighted by molar-refractivity contribution is 5.38. The maximum absolute atomic E-state index is 2.26. The van der Waals surface area contributed by atoms with Crippen molar-refractivity contribution in [2.45, 2.75) is 25.2 Å². The van der Waals surface area contributed by atoms with E-state index in [0.717, 1.165) is 11.8 Å². The van der Waals surface area contributed by atoms with Gasteiger partial charge in [-0.25, -0.2) is 0 Å². The summed E-state index contributed by atoms with van der Waals surface area (Å²) in [4.78, 5) is 0. The SMILES string of the molecule is c1ccc(C2C[C]2C2CC2)cc1. The van der Waals surface area contributed by atoms with Crippen LogP contribution in [0.5, 0.6) is 0 Å². The molecule has 1 atom stereocenters. The summed E-state index contributed by atoms with van der Waals surface area (Å²) < 4.78 is 0. The van der Waals surface area contributed by atoms with E-state index in [0.29, 0.717) is 0 Å². The fourth-order valence-corrected chi connectivity index (χ4v) is 2.10. The van der Waals surface area contributed by atoms with Gasteiger partial charge in [0.15, 0.2) is 0 Å². The second-order valence-electron chi connectivity index (χ2n) is 4.02. The highest BCUT2D eigenvalue weighted by Gasteiger charge is 2.48. The topological polar surface area (TPSA) is 0 Å². The fraction of sp³-hybridized carbons (Fsp3) is 0.417. The molecule has 0 amide bonds. The van der Waals surface area contributed by atoms with E-state index < -0.39 is 0 Å². The van der Waals surface area contributed by atoms with Gasteiger partial charge in [0, 0.05) is 0 Å². The van der Waals surface area contributed by atoms with Crippen LogP contribution in [0.25, 0.3) is 0 Å². The average Bonchev–Trinajstić information content (AvgIpc) is 2.99. The lowest BCUT2D eigenvalue weighted by Crippen LogP contribution is -1.82. The van der Waals surface area contributed by atoms with Gasteiger partial charge in [-0.2, -0.15) is 0 Å². The summed E-state index contributed by atoms with van der Waals surface area (Å²) in [6, 6.07) is 10.9. The molecule has 1 radical (unpaired) electrons. The van der Waals surface area contributed by atoms with E-state index in [-0.39, 0.29) is 0 Å². The first-order chi connectivity index (χ1) is 5.95. The van der Waals surface area contributed by atoms with Crippen molar-refractivity contribution in [1.82, 2.24) is 0 Å². The van der Waals surface area contributed by atoms with Gasteiger partial charge in [-0.15, -0.1) is 0 Å². The molecule has 0 nitrogen and oxygen atoms in total. The van der Waals surface area contributed by atoms with Crippen LogP contribution in [-0.4, -0.2) is 0 Å². The second kappa shape index (κ2) is 2.35. The number of hydrogen-bond acceptors (Lipinski definition) is 0. The molecule has 3 rings (SSSR count). The Bertz CT molecular complexity index is 271. The molecular formula is C12H13. The van der Waals surface area contributed by atoms with Crippen molar-refractivity contribution in [1.29, 1.82) is 0 Å². The molecule has 2 aliphatic rings. The van der Waals surface area contributed by atoms with Crippen molar-refractivity contribution in [2.75, 3.05) is 0 Å². The molecule has 0 aromatic heterocycles. The van der Waals surface area contributed by atoms with Crippen molar-refractivity contribution in [2.24, 2.45) is 5.92 Å². The summed E-state index contributed by atoms with van der Waals surface area (Å²) in [6.45, 7) is 0. The minimum atomic E-state index is 0.846. The molecule has 0 heterocycles. The van der Waals surface area contributed by atoms with Crippen LogP contribution < -0.4 is 0 Å². The summed E-state index contributed by atoms with van der Waals surface area (Å²) in [5.41, 5.74) is 1.54. The first kappa shape index (κ1) is 6.71.